The molecule has 0 aromatic carbocycles. The van der Waals surface area contributed by atoms with Crippen molar-refractivity contribution in [2.75, 3.05) is 6.61 Å². The van der Waals surface area contributed by atoms with Gasteiger partial charge >= 0.3 is 0 Å². The van der Waals surface area contributed by atoms with Gasteiger partial charge in [0.25, 0.3) is 0 Å². The van der Waals surface area contributed by atoms with Gasteiger partial charge in [-0.1, -0.05) is 6.08 Å². The number of hydrogen-bond acceptors (Lipinski definition) is 2. The fourth-order valence-corrected chi connectivity index (χ4v) is 1.76. The van der Waals surface area contributed by atoms with Crippen molar-refractivity contribution < 1.29 is 9.53 Å². The fourth-order valence-electron chi connectivity index (χ4n) is 1.76. The normalized spacial score (nSPS) is 21.0. The van der Waals surface area contributed by atoms with E-state index >= 15 is 0 Å². The number of carbonyl (C=O) groups is 1. The van der Waals surface area contributed by atoms with Crippen LogP contribution < -0.4 is 0 Å². The first-order valence-corrected chi connectivity index (χ1v) is 5.57. The predicted octanol–water partition coefficient (Wildman–Crippen LogP) is 2.87. The number of unbranched alkanes of at least 4 members (excludes halogenated alkanes) is 1. The minimum absolute atomic E-state index is 0.360. The van der Waals surface area contributed by atoms with Crippen LogP contribution in [0.25, 0.3) is 0 Å². The highest BCUT2D eigenvalue weighted by molar-refractivity contribution is 5.78. The summed E-state index contributed by atoms with van der Waals surface area (Å²) >= 11 is 0. The number of allylic oxidation sites excluding steroid dienone is 1. The van der Waals surface area contributed by atoms with Crippen LogP contribution in [0.1, 0.15) is 44.9 Å². The van der Waals surface area contributed by atoms with Gasteiger partial charge in [-0.3, -0.25) is 4.79 Å². The Morgan fingerprint density at radius 3 is 3.00 bits per heavy atom. The number of Topliss-reactive ketones (excluding diaryl/α,β-unsaturated/α-hetero) is 1. The van der Waals surface area contributed by atoms with E-state index in [2.05, 4.69) is 6.58 Å². The number of ether oxygens (including phenoxy) is 1. The molecule has 1 rings (SSSR count). The van der Waals surface area contributed by atoms with Gasteiger partial charge in [0.1, 0.15) is 5.78 Å². The summed E-state index contributed by atoms with van der Waals surface area (Å²) in [6.45, 7) is 4.52. The smallest absolute Gasteiger partial charge is 0.133 e. The standard InChI is InChI=1S/C12H20O2/c1-2-3-4-6-11(13)8-9-12-7-5-10-14-12/h2,12H,1,3-10H2. The SMILES string of the molecule is C=CCCCC(=O)CCC1CCCO1. The van der Waals surface area contributed by atoms with E-state index in [1.807, 2.05) is 6.08 Å². The summed E-state index contributed by atoms with van der Waals surface area (Å²) in [5.74, 6) is 0.377. The molecule has 0 bridgehead atoms. The molecular formula is C12H20O2. The number of hydrogen-bond donors (Lipinski definition) is 0. The van der Waals surface area contributed by atoms with Gasteiger partial charge in [-0.15, -0.1) is 6.58 Å². The van der Waals surface area contributed by atoms with Crippen LogP contribution in [0.3, 0.4) is 0 Å². The summed E-state index contributed by atoms with van der Waals surface area (Å²) < 4.78 is 5.46. The lowest BCUT2D eigenvalue weighted by molar-refractivity contribution is -0.119. The predicted molar refractivity (Wildman–Crippen MR) is 57.3 cm³/mol. The van der Waals surface area contributed by atoms with Crippen LogP contribution in [0.15, 0.2) is 12.7 Å². The van der Waals surface area contributed by atoms with Gasteiger partial charge in [0, 0.05) is 19.4 Å². The Bertz CT molecular complexity index is 181. The van der Waals surface area contributed by atoms with Crippen molar-refractivity contribution in [2.24, 2.45) is 0 Å². The van der Waals surface area contributed by atoms with Gasteiger partial charge in [-0.2, -0.15) is 0 Å². The molecule has 1 fully saturated rings. The van der Waals surface area contributed by atoms with Crippen molar-refractivity contribution in [2.45, 2.75) is 51.0 Å². The third-order valence-electron chi connectivity index (χ3n) is 2.63. The van der Waals surface area contributed by atoms with E-state index in [-0.39, 0.29) is 0 Å². The van der Waals surface area contributed by atoms with Crippen molar-refractivity contribution in [3.63, 3.8) is 0 Å². The Hall–Kier alpha value is -0.630. The molecule has 0 aromatic rings. The zero-order valence-electron chi connectivity index (χ0n) is 8.84. The van der Waals surface area contributed by atoms with Crippen molar-refractivity contribution in [3.8, 4) is 0 Å². The zero-order chi connectivity index (χ0) is 10.2. The number of carbonyl (C=O) groups excluding carboxylic acids is 1. The minimum Gasteiger partial charge on any atom is -0.378 e. The molecule has 1 unspecified atom stereocenters. The Balaban J connectivity index is 1.99. The van der Waals surface area contributed by atoms with Gasteiger partial charge in [-0.05, 0) is 32.1 Å². The highest BCUT2D eigenvalue weighted by Crippen LogP contribution is 2.17. The Morgan fingerprint density at radius 2 is 2.36 bits per heavy atom. The highest BCUT2D eigenvalue weighted by Gasteiger charge is 2.16. The molecule has 0 aromatic heterocycles. The second kappa shape index (κ2) is 6.77. The third-order valence-corrected chi connectivity index (χ3v) is 2.63. The van der Waals surface area contributed by atoms with Gasteiger partial charge in [-0.25, -0.2) is 0 Å². The van der Waals surface area contributed by atoms with Crippen LogP contribution in [-0.4, -0.2) is 18.5 Å². The van der Waals surface area contributed by atoms with Crippen LogP contribution in [0.4, 0.5) is 0 Å². The van der Waals surface area contributed by atoms with Crippen LogP contribution in [0.2, 0.25) is 0 Å². The van der Waals surface area contributed by atoms with Gasteiger partial charge in [0.15, 0.2) is 0 Å². The molecule has 80 valence electrons. The summed E-state index contributed by atoms with van der Waals surface area (Å²) in [4.78, 5) is 11.4. The molecular weight excluding hydrogens is 176 g/mol. The maximum Gasteiger partial charge on any atom is 0.133 e. The average molecular weight is 196 g/mol. The molecule has 1 heterocycles. The summed E-state index contributed by atoms with van der Waals surface area (Å²) in [5.41, 5.74) is 0. The van der Waals surface area contributed by atoms with Gasteiger partial charge < -0.3 is 4.74 Å². The van der Waals surface area contributed by atoms with E-state index in [4.69, 9.17) is 4.74 Å². The first kappa shape index (κ1) is 11.4. The lowest BCUT2D eigenvalue weighted by Gasteiger charge is -2.07. The molecule has 14 heavy (non-hydrogen) atoms. The first-order valence-electron chi connectivity index (χ1n) is 5.57. The summed E-state index contributed by atoms with van der Waals surface area (Å²) in [6.07, 6.45) is 8.76. The lowest BCUT2D eigenvalue weighted by Crippen LogP contribution is -2.08. The number of ketones is 1. The van der Waals surface area contributed by atoms with E-state index < -0.39 is 0 Å². The molecule has 0 saturated carbocycles. The van der Waals surface area contributed by atoms with Crippen molar-refractivity contribution in [1.29, 1.82) is 0 Å². The quantitative estimate of drug-likeness (QED) is 0.462. The Morgan fingerprint density at radius 1 is 1.50 bits per heavy atom. The summed E-state index contributed by atoms with van der Waals surface area (Å²) in [6, 6.07) is 0. The van der Waals surface area contributed by atoms with E-state index in [1.165, 1.54) is 0 Å². The van der Waals surface area contributed by atoms with E-state index in [0.717, 1.165) is 38.7 Å². The molecule has 1 saturated heterocycles. The van der Waals surface area contributed by atoms with Gasteiger partial charge in [0.05, 0.1) is 6.10 Å². The second-order valence-corrected chi connectivity index (χ2v) is 3.89. The zero-order valence-corrected chi connectivity index (χ0v) is 8.84. The highest BCUT2D eigenvalue weighted by atomic mass is 16.5. The monoisotopic (exact) mass is 196 g/mol. The molecule has 1 aliphatic rings. The van der Waals surface area contributed by atoms with E-state index in [1.54, 1.807) is 0 Å². The molecule has 2 heteroatoms. The van der Waals surface area contributed by atoms with Crippen LogP contribution in [0.5, 0.6) is 0 Å². The topological polar surface area (TPSA) is 26.3 Å². The van der Waals surface area contributed by atoms with Crippen molar-refractivity contribution in [1.82, 2.24) is 0 Å². The molecule has 0 spiro atoms. The summed E-state index contributed by atoms with van der Waals surface area (Å²) in [5, 5.41) is 0. The molecule has 0 N–H and O–H groups in total. The molecule has 0 amide bonds. The van der Waals surface area contributed by atoms with Crippen LogP contribution >= 0.6 is 0 Å². The maximum atomic E-state index is 11.4. The lowest BCUT2D eigenvalue weighted by atomic mass is 10.1. The van der Waals surface area contributed by atoms with Gasteiger partial charge in [0.2, 0.25) is 0 Å². The first-order chi connectivity index (χ1) is 6.83. The summed E-state index contributed by atoms with van der Waals surface area (Å²) in [7, 11) is 0. The maximum absolute atomic E-state index is 11.4. The Kier molecular flexibility index (Phi) is 5.53. The molecule has 1 aliphatic heterocycles. The minimum atomic E-state index is 0.360. The molecule has 2 nitrogen and oxygen atoms in total. The van der Waals surface area contributed by atoms with Crippen molar-refractivity contribution in [3.05, 3.63) is 12.7 Å². The molecule has 0 radical (unpaired) electrons. The van der Waals surface area contributed by atoms with Crippen molar-refractivity contribution >= 4 is 5.78 Å². The van der Waals surface area contributed by atoms with E-state index in [0.29, 0.717) is 24.7 Å². The van der Waals surface area contributed by atoms with E-state index in [9.17, 15) is 4.79 Å². The Labute approximate surface area is 86.3 Å². The van der Waals surface area contributed by atoms with Crippen LogP contribution in [0, 0.1) is 0 Å². The average Bonchev–Trinajstić information content (AvgIpc) is 2.68. The molecule has 0 aliphatic carbocycles. The largest absolute Gasteiger partial charge is 0.378 e. The van der Waals surface area contributed by atoms with Crippen LogP contribution in [-0.2, 0) is 9.53 Å². The fraction of sp³-hybridized carbons (Fsp3) is 0.750. The second-order valence-electron chi connectivity index (χ2n) is 3.89. The molecule has 1 atom stereocenters. The number of rotatable bonds is 7. The third kappa shape index (κ3) is 4.56.